The minimum atomic E-state index is 0.684. The monoisotopic (exact) mass is 264 g/mol. The number of hydrogen-bond donors (Lipinski definition) is 1. The van der Waals surface area contributed by atoms with E-state index in [2.05, 4.69) is 47.8 Å². The zero-order chi connectivity index (χ0) is 13.8. The van der Waals surface area contributed by atoms with Gasteiger partial charge in [-0.1, -0.05) is 13.8 Å². The fourth-order valence-electron chi connectivity index (χ4n) is 3.21. The number of piperidine rings is 1. The highest BCUT2D eigenvalue weighted by Gasteiger charge is 2.26. The van der Waals surface area contributed by atoms with Crippen LogP contribution in [-0.4, -0.2) is 28.9 Å². The van der Waals surface area contributed by atoms with Gasteiger partial charge in [0.15, 0.2) is 0 Å². The first-order valence-corrected chi connectivity index (χ1v) is 7.68. The van der Waals surface area contributed by atoms with Gasteiger partial charge in [-0.3, -0.25) is 4.68 Å². The van der Waals surface area contributed by atoms with Crippen LogP contribution in [0, 0.1) is 6.92 Å². The molecule has 1 unspecified atom stereocenters. The largest absolute Gasteiger partial charge is 0.354 e. The van der Waals surface area contributed by atoms with Gasteiger partial charge in [-0.25, -0.2) is 0 Å². The summed E-state index contributed by atoms with van der Waals surface area (Å²) >= 11 is 0. The third kappa shape index (κ3) is 2.94. The van der Waals surface area contributed by atoms with Crippen molar-refractivity contribution in [2.45, 2.75) is 59.0 Å². The highest BCUT2D eigenvalue weighted by Crippen LogP contribution is 2.30. The molecule has 2 heterocycles. The summed E-state index contributed by atoms with van der Waals surface area (Å²) in [6, 6.07) is 0.684. The Morgan fingerprint density at radius 3 is 2.79 bits per heavy atom. The number of nitrogens with one attached hydrogen (secondary N) is 1. The molecule has 0 radical (unpaired) electrons. The molecule has 1 aliphatic heterocycles. The van der Waals surface area contributed by atoms with E-state index in [1.807, 2.05) is 0 Å². The average molecular weight is 264 g/mol. The zero-order valence-electron chi connectivity index (χ0n) is 12.9. The fourth-order valence-corrected chi connectivity index (χ4v) is 3.21. The minimum absolute atomic E-state index is 0.684. The van der Waals surface area contributed by atoms with Crippen molar-refractivity contribution in [3.05, 3.63) is 11.3 Å². The summed E-state index contributed by atoms with van der Waals surface area (Å²) in [4.78, 5) is 2.59. The molecule has 0 amide bonds. The normalized spacial score (nSPS) is 20.0. The highest BCUT2D eigenvalue weighted by molar-refractivity contribution is 5.51. The molecule has 4 heteroatoms. The third-order valence-electron chi connectivity index (χ3n) is 4.24. The van der Waals surface area contributed by atoms with Crippen molar-refractivity contribution in [1.82, 2.24) is 15.1 Å². The standard InChI is InChI=1S/C15H28N4/c1-5-13-9-7-8-10-19(13)15-14(11-16-6-2)12(3)17-18(15)4/h13,16H,5-11H2,1-4H3. The summed E-state index contributed by atoms with van der Waals surface area (Å²) in [7, 11) is 2.08. The summed E-state index contributed by atoms with van der Waals surface area (Å²) in [5, 5.41) is 8.09. The molecule has 0 spiro atoms. The van der Waals surface area contributed by atoms with Crippen LogP contribution in [0.3, 0.4) is 0 Å². The molecule has 0 bridgehead atoms. The van der Waals surface area contributed by atoms with Crippen molar-refractivity contribution < 1.29 is 0 Å². The first kappa shape index (κ1) is 14.4. The molecule has 1 fully saturated rings. The van der Waals surface area contributed by atoms with Crippen molar-refractivity contribution in [2.75, 3.05) is 18.0 Å². The first-order chi connectivity index (χ1) is 9.19. The Hall–Kier alpha value is -1.03. The lowest BCUT2D eigenvalue weighted by Gasteiger charge is -2.37. The second-order valence-electron chi connectivity index (χ2n) is 5.54. The van der Waals surface area contributed by atoms with Crippen LogP contribution in [0.15, 0.2) is 0 Å². The lowest BCUT2D eigenvalue weighted by atomic mass is 9.99. The second kappa shape index (κ2) is 6.42. The lowest BCUT2D eigenvalue weighted by Crippen LogP contribution is -2.41. The van der Waals surface area contributed by atoms with E-state index in [0.717, 1.165) is 13.1 Å². The van der Waals surface area contributed by atoms with E-state index in [-0.39, 0.29) is 0 Å². The van der Waals surface area contributed by atoms with Crippen LogP contribution in [0.5, 0.6) is 0 Å². The van der Waals surface area contributed by atoms with Crippen molar-refractivity contribution in [2.24, 2.45) is 7.05 Å². The summed E-state index contributed by atoms with van der Waals surface area (Å²) in [5.74, 6) is 1.34. The van der Waals surface area contributed by atoms with Crippen LogP contribution in [-0.2, 0) is 13.6 Å². The Bertz CT molecular complexity index is 411. The molecular weight excluding hydrogens is 236 g/mol. The smallest absolute Gasteiger partial charge is 0.131 e. The highest BCUT2D eigenvalue weighted by atomic mass is 15.4. The van der Waals surface area contributed by atoms with Crippen molar-refractivity contribution in [1.29, 1.82) is 0 Å². The van der Waals surface area contributed by atoms with Crippen LogP contribution in [0.25, 0.3) is 0 Å². The van der Waals surface area contributed by atoms with Crippen molar-refractivity contribution in [3.63, 3.8) is 0 Å². The van der Waals surface area contributed by atoms with Crippen molar-refractivity contribution >= 4 is 5.82 Å². The van der Waals surface area contributed by atoms with Crippen molar-refractivity contribution in [3.8, 4) is 0 Å². The third-order valence-corrected chi connectivity index (χ3v) is 4.24. The molecule has 19 heavy (non-hydrogen) atoms. The number of anilines is 1. The van der Waals surface area contributed by atoms with Gasteiger partial charge < -0.3 is 10.2 Å². The molecule has 1 N–H and O–H groups in total. The molecule has 1 aromatic rings. The molecular formula is C15H28N4. The van der Waals surface area contributed by atoms with Gasteiger partial charge in [0.25, 0.3) is 0 Å². The van der Waals surface area contributed by atoms with E-state index in [9.17, 15) is 0 Å². The van der Waals surface area contributed by atoms with Crippen LogP contribution in [0.2, 0.25) is 0 Å². The average Bonchev–Trinajstić information content (AvgIpc) is 2.70. The Morgan fingerprint density at radius 2 is 2.11 bits per heavy atom. The number of rotatable bonds is 5. The maximum atomic E-state index is 4.64. The maximum absolute atomic E-state index is 4.64. The number of aromatic nitrogens is 2. The van der Waals surface area contributed by atoms with E-state index in [1.54, 1.807) is 0 Å². The van der Waals surface area contributed by atoms with E-state index in [0.29, 0.717) is 6.04 Å². The zero-order valence-corrected chi connectivity index (χ0v) is 12.9. The van der Waals surface area contributed by atoms with Gasteiger partial charge >= 0.3 is 0 Å². The van der Waals surface area contributed by atoms with Crippen LogP contribution in [0.1, 0.15) is 50.8 Å². The predicted molar refractivity (Wildman–Crippen MR) is 80.6 cm³/mol. The Balaban J connectivity index is 2.30. The molecule has 2 rings (SSSR count). The van der Waals surface area contributed by atoms with E-state index in [1.165, 1.54) is 49.3 Å². The summed E-state index contributed by atoms with van der Waals surface area (Å²) in [6.45, 7) is 9.69. The first-order valence-electron chi connectivity index (χ1n) is 7.68. The molecule has 1 atom stereocenters. The van der Waals surface area contributed by atoms with Crippen LogP contribution < -0.4 is 10.2 Å². The Labute approximate surface area is 117 Å². The SMILES string of the molecule is CCNCc1c(C)nn(C)c1N1CCCCC1CC. The quantitative estimate of drug-likeness (QED) is 0.887. The summed E-state index contributed by atoms with van der Waals surface area (Å²) in [6.07, 6.45) is 5.22. The second-order valence-corrected chi connectivity index (χ2v) is 5.54. The van der Waals surface area contributed by atoms with Gasteiger partial charge in [-0.15, -0.1) is 0 Å². The van der Waals surface area contributed by atoms with E-state index < -0.39 is 0 Å². The van der Waals surface area contributed by atoms with Gasteiger partial charge in [-0.05, 0) is 39.2 Å². The molecule has 0 aliphatic carbocycles. The van der Waals surface area contributed by atoms with Gasteiger partial charge in [0.2, 0.25) is 0 Å². The fraction of sp³-hybridized carbons (Fsp3) is 0.800. The summed E-state index contributed by atoms with van der Waals surface area (Å²) < 4.78 is 2.08. The van der Waals surface area contributed by atoms with Crippen LogP contribution in [0.4, 0.5) is 5.82 Å². The molecule has 0 aromatic carbocycles. The maximum Gasteiger partial charge on any atom is 0.131 e. The van der Waals surface area contributed by atoms with Gasteiger partial charge in [0, 0.05) is 31.7 Å². The predicted octanol–water partition coefficient (Wildman–Crippen LogP) is 2.61. The molecule has 108 valence electrons. The molecule has 4 nitrogen and oxygen atoms in total. The van der Waals surface area contributed by atoms with E-state index in [4.69, 9.17) is 0 Å². The minimum Gasteiger partial charge on any atom is -0.354 e. The van der Waals surface area contributed by atoms with Gasteiger partial charge in [0.1, 0.15) is 5.82 Å². The van der Waals surface area contributed by atoms with Gasteiger partial charge in [0.05, 0.1) is 5.69 Å². The molecule has 1 aromatic heterocycles. The number of aryl methyl sites for hydroxylation is 2. The van der Waals surface area contributed by atoms with E-state index >= 15 is 0 Å². The summed E-state index contributed by atoms with van der Waals surface area (Å²) in [5.41, 5.74) is 2.54. The lowest BCUT2D eigenvalue weighted by molar-refractivity contribution is 0.439. The van der Waals surface area contributed by atoms with Crippen LogP contribution >= 0.6 is 0 Å². The molecule has 0 saturated carbocycles. The number of nitrogens with zero attached hydrogens (tertiary/aromatic N) is 3. The van der Waals surface area contributed by atoms with Gasteiger partial charge in [-0.2, -0.15) is 5.10 Å². The number of hydrogen-bond acceptors (Lipinski definition) is 3. The molecule has 1 aliphatic rings. The Morgan fingerprint density at radius 1 is 1.32 bits per heavy atom. The topological polar surface area (TPSA) is 33.1 Å². The molecule has 1 saturated heterocycles. The Kier molecular flexibility index (Phi) is 4.86.